The van der Waals surface area contributed by atoms with Crippen molar-refractivity contribution < 1.29 is 89.1 Å². The van der Waals surface area contributed by atoms with Crippen LogP contribution in [-0.4, -0.2) is 168 Å². The van der Waals surface area contributed by atoms with E-state index < -0.39 is 128 Å². The van der Waals surface area contributed by atoms with E-state index in [9.17, 15) is 60.7 Å². The molecular weight excluding hydrogens is 877 g/mol. The van der Waals surface area contributed by atoms with Crippen LogP contribution in [0.5, 0.6) is 0 Å². The van der Waals surface area contributed by atoms with Crippen molar-refractivity contribution in [2.45, 2.75) is 225 Å². The number of aliphatic hydroxyl groups is 8. The summed E-state index contributed by atoms with van der Waals surface area (Å²) >= 11 is 0. The summed E-state index contributed by atoms with van der Waals surface area (Å²) in [6, 6.07) is 0. The van der Waals surface area contributed by atoms with Gasteiger partial charge in [-0.1, -0.05) is 67.0 Å². The highest BCUT2D eigenvalue weighted by atomic mass is 16.8. The summed E-state index contributed by atoms with van der Waals surface area (Å²) in [4.78, 5) is 26.1. The van der Waals surface area contributed by atoms with E-state index in [1.54, 1.807) is 0 Å². The zero-order chi connectivity index (χ0) is 49.4. The van der Waals surface area contributed by atoms with Gasteiger partial charge in [-0.05, 0) is 115 Å². The molecule has 8 rings (SSSR count). The zero-order valence-corrected chi connectivity index (χ0v) is 40.5. The summed E-state index contributed by atoms with van der Waals surface area (Å²) in [7, 11) is 0. The predicted octanol–water partition coefficient (Wildman–Crippen LogP) is 2.22. The van der Waals surface area contributed by atoms with Gasteiger partial charge < -0.3 is 79.5 Å². The molecule has 67 heavy (non-hydrogen) atoms. The van der Waals surface area contributed by atoms with Crippen LogP contribution in [0.3, 0.4) is 0 Å². The molecule has 18 nitrogen and oxygen atoms in total. The molecule has 382 valence electrons. The lowest BCUT2D eigenvalue weighted by Gasteiger charge is -2.75. The van der Waals surface area contributed by atoms with Gasteiger partial charge in [-0.15, -0.1) is 0 Å². The molecule has 18 heteroatoms. The minimum Gasteiger partial charge on any atom is -0.481 e. The fourth-order valence-corrected chi connectivity index (χ4v) is 15.4. The Morgan fingerprint density at radius 3 is 1.90 bits per heavy atom. The Bertz CT molecular complexity index is 1910. The number of hydrogen-bond donors (Lipinski definition) is 10. The number of ether oxygens (including phenoxy) is 6. The third kappa shape index (κ3) is 7.63. The number of aliphatic carboxylic acids is 2. The Labute approximate surface area is 392 Å². The highest BCUT2D eigenvalue weighted by Gasteiger charge is 2.74. The lowest BCUT2D eigenvalue weighted by molar-refractivity contribution is -0.395. The second-order valence-electron chi connectivity index (χ2n) is 24.1. The maximum absolute atomic E-state index is 13.2. The first kappa shape index (κ1) is 51.5. The lowest BCUT2D eigenvalue weighted by Crippen LogP contribution is -2.70. The van der Waals surface area contributed by atoms with Gasteiger partial charge in [0.25, 0.3) is 0 Å². The van der Waals surface area contributed by atoms with E-state index in [4.69, 9.17) is 28.4 Å². The third-order valence-corrected chi connectivity index (χ3v) is 20.3. The standard InChI is InChI=1S/C49H78O18/c1-22-28(51)30(53)32(55)39(62-22)65-35-34(57)36(38(58)59)66-41(37(35)67-40-33(56)31(54)29(52)25(21-50)63-40)64-27-12-13-46(7)26(44(27,4)5)11-15-47(8)45(6)17-19-49(42(60)61)18-16-43(2,3)20-24(49)23(45)10-14-48(46,47)9/h10,22,24-37,39-41,50-57H,11-21H2,1-9H3,(H,58,59)(H,60,61)/t22-,24-,25+,26-,27-,28-,29+,30+,31-,32+,33+,34-,35-,36-,37+,39-,40-,41+,45+,46-,47-,48-,49-/m0/s1. The number of rotatable bonds is 9. The van der Waals surface area contributed by atoms with Crippen molar-refractivity contribution in [3.05, 3.63) is 11.6 Å². The lowest BCUT2D eigenvalue weighted by atomic mass is 9.29. The van der Waals surface area contributed by atoms with Crippen molar-refractivity contribution in [3.8, 4) is 0 Å². The molecule has 3 heterocycles. The first-order valence-corrected chi connectivity index (χ1v) is 24.5. The quantitative estimate of drug-likeness (QED) is 0.117. The Kier molecular flexibility index (Phi) is 13.4. The topological polar surface area (TPSA) is 292 Å². The van der Waals surface area contributed by atoms with Crippen LogP contribution in [-0.2, 0) is 38.0 Å². The van der Waals surface area contributed by atoms with Crippen molar-refractivity contribution in [1.29, 1.82) is 0 Å². The first-order chi connectivity index (χ1) is 31.1. The first-order valence-electron chi connectivity index (χ1n) is 24.5. The third-order valence-electron chi connectivity index (χ3n) is 20.3. The molecule has 0 spiro atoms. The van der Waals surface area contributed by atoms with E-state index in [0.29, 0.717) is 25.7 Å². The van der Waals surface area contributed by atoms with E-state index in [-0.39, 0.29) is 38.9 Å². The molecular formula is C49H78O18. The van der Waals surface area contributed by atoms with E-state index in [2.05, 4.69) is 61.5 Å². The molecule has 0 bridgehead atoms. The van der Waals surface area contributed by atoms with Gasteiger partial charge in [0, 0.05) is 0 Å². The van der Waals surface area contributed by atoms with Crippen LogP contribution in [0, 0.1) is 49.7 Å². The fourth-order valence-electron chi connectivity index (χ4n) is 15.4. The number of carbonyl (C=O) groups is 2. The number of allylic oxidation sites excluding steroid dienone is 2. The summed E-state index contributed by atoms with van der Waals surface area (Å²) in [6.45, 7) is 19.0. The van der Waals surface area contributed by atoms with Crippen molar-refractivity contribution in [2.24, 2.45) is 49.7 Å². The predicted molar refractivity (Wildman–Crippen MR) is 234 cm³/mol. The second kappa shape index (κ2) is 17.4. The maximum atomic E-state index is 13.2. The van der Waals surface area contributed by atoms with Crippen molar-refractivity contribution in [2.75, 3.05) is 6.61 Å². The molecule has 0 amide bonds. The van der Waals surface area contributed by atoms with Crippen LogP contribution in [0.2, 0.25) is 0 Å². The summed E-state index contributed by atoms with van der Waals surface area (Å²) in [5.41, 5.74) is -0.960. The van der Waals surface area contributed by atoms with Gasteiger partial charge >= 0.3 is 11.9 Å². The highest BCUT2D eigenvalue weighted by molar-refractivity contribution is 5.76. The number of carboxylic acid groups (broad SMARTS) is 2. The van der Waals surface area contributed by atoms with Crippen LogP contribution in [0.1, 0.15) is 127 Å². The molecule has 0 aromatic rings. The molecule has 8 aliphatic rings. The molecule has 3 aliphatic heterocycles. The average molecular weight is 955 g/mol. The minimum absolute atomic E-state index is 0.0294. The van der Waals surface area contributed by atoms with E-state index >= 15 is 0 Å². The molecule has 4 saturated carbocycles. The zero-order valence-electron chi connectivity index (χ0n) is 40.5. The van der Waals surface area contributed by atoms with Crippen molar-refractivity contribution >= 4 is 11.9 Å². The maximum Gasteiger partial charge on any atom is 0.335 e. The summed E-state index contributed by atoms with van der Waals surface area (Å²) in [5, 5.41) is 107. The van der Waals surface area contributed by atoms with Gasteiger partial charge in [0.2, 0.25) is 0 Å². The van der Waals surface area contributed by atoms with Gasteiger partial charge in [0.05, 0.1) is 24.2 Å². The van der Waals surface area contributed by atoms with Crippen LogP contribution in [0.25, 0.3) is 0 Å². The number of aliphatic hydroxyl groups excluding tert-OH is 8. The molecule has 5 aliphatic carbocycles. The Hall–Kier alpha value is -1.88. The number of fused-ring (bicyclic) bond motifs is 7. The van der Waals surface area contributed by atoms with Crippen LogP contribution >= 0.6 is 0 Å². The van der Waals surface area contributed by atoms with Gasteiger partial charge in [-0.25, -0.2) is 4.79 Å². The van der Waals surface area contributed by atoms with Gasteiger partial charge in [0.1, 0.15) is 61.0 Å². The smallest absolute Gasteiger partial charge is 0.335 e. The molecule has 0 aromatic carbocycles. The largest absolute Gasteiger partial charge is 0.481 e. The highest BCUT2D eigenvalue weighted by Crippen LogP contribution is 2.80. The van der Waals surface area contributed by atoms with Crippen LogP contribution in [0.15, 0.2) is 11.6 Å². The van der Waals surface area contributed by atoms with E-state index in [0.717, 1.165) is 38.5 Å². The van der Waals surface area contributed by atoms with Crippen molar-refractivity contribution in [3.63, 3.8) is 0 Å². The minimum atomic E-state index is -2.06. The molecule has 3 saturated heterocycles. The van der Waals surface area contributed by atoms with E-state index in [1.807, 2.05) is 0 Å². The molecule has 23 atom stereocenters. The Morgan fingerprint density at radius 1 is 0.657 bits per heavy atom. The van der Waals surface area contributed by atoms with Gasteiger partial charge in [0.15, 0.2) is 25.0 Å². The second-order valence-corrected chi connectivity index (χ2v) is 24.1. The molecule has 0 aromatic heterocycles. The summed E-state index contributed by atoms with van der Waals surface area (Å²) < 4.78 is 36.8. The molecule has 0 unspecified atom stereocenters. The molecule has 0 radical (unpaired) electrons. The van der Waals surface area contributed by atoms with Crippen LogP contribution in [0.4, 0.5) is 0 Å². The monoisotopic (exact) mass is 955 g/mol. The number of hydrogen-bond acceptors (Lipinski definition) is 16. The fraction of sp³-hybridized carbons (Fsp3) is 0.918. The van der Waals surface area contributed by atoms with Crippen molar-refractivity contribution in [1.82, 2.24) is 0 Å². The molecule has 7 fully saturated rings. The van der Waals surface area contributed by atoms with E-state index in [1.165, 1.54) is 12.5 Å². The summed E-state index contributed by atoms with van der Waals surface area (Å²) in [5.74, 6) is -2.26. The Balaban J connectivity index is 1.12. The Morgan fingerprint density at radius 2 is 1.27 bits per heavy atom. The average Bonchev–Trinajstić information content (AvgIpc) is 3.25. The van der Waals surface area contributed by atoms with Gasteiger partial charge in [-0.3, -0.25) is 4.79 Å². The SMILES string of the molecule is C[C@@H]1O[C@@H](O[C@H]2[C@H](O)[C@@H](C(=O)O)O[C@@H](O[C@H]3CC[C@@]4(C)[C@@H](CC[C@]5(C)[C@@]4(C)CC=C4[C@@H]6CC(C)(C)CC[C@]6(C(=O)O)CC[C@]45C)C3(C)C)[C@@H]2O[C@@H]2O[C@H](CO)[C@@H](O)[C@H](O)[C@H]2O)[C@H](O)[C@H](O)[C@H]1O. The number of carboxylic acids is 2. The molecule has 10 N–H and O–H groups in total. The summed E-state index contributed by atoms with van der Waals surface area (Å²) in [6.07, 6.45) is -16.8. The normalized spacial score (nSPS) is 53.8. The van der Waals surface area contributed by atoms with Gasteiger partial charge in [-0.2, -0.15) is 0 Å². The van der Waals surface area contributed by atoms with Crippen LogP contribution < -0.4 is 0 Å².